The number of aromatic nitrogens is 1. The highest BCUT2D eigenvalue weighted by Gasteiger charge is 2.20. The molecule has 2 nitrogen and oxygen atoms in total. The van der Waals surface area contributed by atoms with E-state index in [4.69, 9.17) is 0 Å². The molecule has 0 N–H and O–H groups in total. The maximum atomic E-state index is 2.45. The van der Waals surface area contributed by atoms with Crippen LogP contribution in [0.1, 0.15) is 0 Å². The quantitative estimate of drug-likeness (QED) is 0.172. The normalized spacial score (nSPS) is 11.5. The van der Waals surface area contributed by atoms with Crippen LogP contribution in [0, 0.1) is 0 Å². The van der Waals surface area contributed by atoms with E-state index < -0.39 is 0 Å². The molecular formula is C50H34N2. The monoisotopic (exact) mass is 662 g/mol. The standard InChI is InChI=1S/C50H34N2/c1-2-15-35(16-3-1)38-20-12-22-40(33-38)51(46-30-14-19-36-17-4-6-24-42(36)46)41-23-13-21-39(34-41)50-43-25-7-5-18-37(43)31-32-49(50)52-47-28-10-8-26-44(47)45-27-9-11-29-48(45)52/h1-34H. The van der Waals surface area contributed by atoms with Gasteiger partial charge in [0.05, 0.1) is 22.4 Å². The lowest BCUT2D eigenvalue weighted by molar-refractivity contribution is 1.19. The van der Waals surface area contributed by atoms with Crippen LogP contribution >= 0.6 is 0 Å². The first-order chi connectivity index (χ1) is 25.8. The first-order valence-electron chi connectivity index (χ1n) is 17.9. The Morgan fingerprint density at radius 1 is 0.327 bits per heavy atom. The lowest BCUT2D eigenvalue weighted by Gasteiger charge is -2.28. The first-order valence-corrected chi connectivity index (χ1v) is 17.9. The number of anilines is 3. The summed E-state index contributed by atoms with van der Waals surface area (Å²) in [7, 11) is 0. The SMILES string of the molecule is c1ccc(-c2cccc(N(c3cccc(-c4c(-n5c6ccccc6c6ccccc65)ccc5ccccc45)c3)c3cccc4ccccc34)c2)cc1. The Morgan fingerprint density at radius 2 is 0.827 bits per heavy atom. The van der Waals surface area contributed by atoms with Gasteiger partial charge in [-0.3, -0.25) is 0 Å². The molecule has 0 unspecified atom stereocenters. The van der Waals surface area contributed by atoms with Crippen LogP contribution in [0.25, 0.3) is 71.3 Å². The van der Waals surface area contributed by atoms with Gasteiger partial charge in [0, 0.05) is 33.1 Å². The highest BCUT2D eigenvalue weighted by molar-refractivity contribution is 6.11. The summed E-state index contributed by atoms with van der Waals surface area (Å²) in [5, 5.41) is 7.37. The molecular weight excluding hydrogens is 629 g/mol. The number of hydrogen-bond acceptors (Lipinski definition) is 1. The number of benzene rings is 9. The molecule has 0 saturated carbocycles. The summed E-state index contributed by atoms with van der Waals surface area (Å²) in [5.41, 5.74) is 11.7. The molecule has 0 atom stereocenters. The third-order valence-corrected chi connectivity index (χ3v) is 10.3. The summed E-state index contributed by atoms with van der Waals surface area (Å²) in [5.74, 6) is 0. The van der Waals surface area contributed by atoms with Crippen LogP contribution in [0.4, 0.5) is 17.1 Å². The first kappa shape index (κ1) is 30.0. The maximum absolute atomic E-state index is 2.45. The van der Waals surface area contributed by atoms with Gasteiger partial charge in [0.25, 0.3) is 0 Å². The highest BCUT2D eigenvalue weighted by Crippen LogP contribution is 2.44. The lowest BCUT2D eigenvalue weighted by Crippen LogP contribution is -2.11. The van der Waals surface area contributed by atoms with Crippen LogP contribution in [0.15, 0.2) is 206 Å². The van der Waals surface area contributed by atoms with Crippen LogP contribution in [0.5, 0.6) is 0 Å². The van der Waals surface area contributed by atoms with Crippen molar-refractivity contribution in [2.45, 2.75) is 0 Å². The molecule has 10 rings (SSSR count). The molecule has 1 heterocycles. The Kier molecular flexibility index (Phi) is 7.18. The zero-order chi connectivity index (χ0) is 34.4. The molecule has 244 valence electrons. The number of hydrogen-bond donors (Lipinski definition) is 0. The van der Waals surface area contributed by atoms with E-state index in [2.05, 4.69) is 216 Å². The van der Waals surface area contributed by atoms with E-state index in [1.54, 1.807) is 0 Å². The van der Waals surface area contributed by atoms with Crippen molar-refractivity contribution in [1.82, 2.24) is 4.57 Å². The summed E-state index contributed by atoms with van der Waals surface area (Å²) in [6.07, 6.45) is 0. The van der Waals surface area contributed by atoms with E-state index in [-0.39, 0.29) is 0 Å². The zero-order valence-corrected chi connectivity index (χ0v) is 28.5. The average Bonchev–Trinajstić information content (AvgIpc) is 3.55. The van der Waals surface area contributed by atoms with Crippen molar-refractivity contribution in [1.29, 1.82) is 0 Å². The molecule has 0 aliphatic rings. The Hall–Kier alpha value is -6.90. The topological polar surface area (TPSA) is 8.17 Å². The predicted octanol–water partition coefficient (Wildman–Crippen LogP) is 13.9. The van der Waals surface area contributed by atoms with E-state index in [0.717, 1.165) is 28.3 Å². The molecule has 0 aliphatic carbocycles. The van der Waals surface area contributed by atoms with Crippen LogP contribution < -0.4 is 4.90 Å². The molecule has 0 spiro atoms. The third-order valence-electron chi connectivity index (χ3n) is 10.3. The minimum Gasteiger partial charge on any atom is -0.310 e. The van der Waals surface area contributed by atoms with Crippen molar-refractivity contribution in [2.75, 3.05) is 4.90 Å². The Labute approximate surface area is 303 Å². The Balaban J connectivity index is 1.24. The third kappa shape index (κ3) is 4.96. The van der Waals surface area contributed by atoms with Crippen molar-refractivity contribution < 1.29 is 0 Å². The van der Waals surface area contributed by atoms with Crippen molar-refractivity contribution >= 4 is 60.4 Å². The fourth-order valence-corrected chi connectivity index (χ4v) is 8.02. The fourth-order valence-electron chi connectivity index (χ4n) is 8.02. The van der Waals surface area contributed by atoms with Gasteiger partial charge in [-0.25, -0.2) is 0 Å². The van der Waals surface area contributed by atoms with Gasteiger partial charge in [-0.05, 0) is 81.4 Å². The van der Waals surface area contributed by atoms with Gasteiger partial charge >= 0.3 is 0 Å². The second kappa shape index (κ2) is 12.5. The van der Waals surface area contributed by atoms with Crippen LogP contribution in [-0.4, -0.2) is 4.57 Å². The second-order valence-corrected chi connectivity index (χ2v) is 13.4. The largest absolute Gasteiger partial charge is 0.310 e. The number of para-hydroxylation sites is 2. The number of rotatable bonds is 6. The molecule has 2 heteroatoms. The summed E-state index contributed by atoms with van der Waals surface area (Å²) < 4.78 is 2.45. The van der Waals surface area contributed by atoms with E-state index in [1.807, 2.05) is 0 Å². The van der Waals surface area contributed by atoms with E-state index in [9.17, 15) is 0 Å². The molecule has 9 aromatic carbocycles. The minimum absolute atomic E-state index is 1.10. The minimum atomic E-state index is 1.10. The average molecular weight is 663 g/mol. The fraction of sp³-hybridized carbons (Fsp3) is 0. The van der Waals surface area contributed by atoms with Crippen molar-refractivity contribution in [2.24, 2.45) is 0 Å². The summed E-state index contributed by atoms with van der Waals surface area (Å²) in [6.45, 7) is 0. The van der Waals surface area contributed by atoms with Gasteiger partial charge in [0.2, 0.25) is 0 Å². The van der Waals surface area contributed by atoms with Crippen molar-refractivity contribution in [3.05, 3.63) is 206 Å². The van der Waals surface area contributed by atoms with Crippen molar-refractivity contribution in [3.63, 3.8) is 0 Å². The predicted molar refractivity (Wildman–Crippen MR) is 221 cm³/mol. The van der Waals surface area contributed by atoms with Gasteiger partial charge < -0.3 is 9.47 Å². The molecule has 1 aromatic heterocycles. The van der Waals surface area contributed by atoms with Gasteiger partial charge in [0.15, 0.2) is 0 Å². The van der Waals surface area contributed by atoms with Crippen LogP contribution in [-0.2, 0) is 0 Å². The lowest BCUT2D eigenvalue weighted by atomic mass is 9.95. The molecule has 0 radical (unpaired) electrons. The van der Waals surface area contributed by atoms with Gasteiger partial charge in [-0.15, -0.1) is 0 Å². The van der Waals surface area contributed by atoms with Crippen LogP contribution in [0.2, 0.25) is 0 Å². The second-order valence-electron chi connectivity index (χ2n) is 13.4. The smallest absolute Gasteiger partial charge is 0.0547 e. The van der Waals surface area contributed by atoms with Crippen molar-refractivity contribution in [3.8, 4) is 27.9 Å². The molecule has 0 saturated heterocycles. The number of nitrogens with zero attached hydrogens (tertiary/aromatic N) is 2. The molecule has 0 aliphatic heterocycles. The van der Waals surface area contributed by atoms with Gasteiger partial charge in [0.1, 0.15) is 0 Å². The zero-order valence-electron chi connectivity index (χ0n) is 28.5. The summed E-state index contributed by atoms with van der Waals surface area (Å²) in [4.78, 5) is 2.42. The number of fused-ring (bicyclic) bond motifs is 5. The van der Waals surface area contributed by atoms with Crippen LogP contribution in [0.3, 0.4) is 0 Å². The molecule has 0 bridgehead atoms. The van der Waals surface area contributed by atoms with Gasteiger partial charge in [-0.2, -0.15) is 0 Å². The Bertz CT molecular complexity index is 2860. The van der Waals surface area contributed by atoms with Gasteiger partial charge in [-0.1, -0.05) is 158 Å². The summed E-state index contributed by atoms with van der Waals surface area (Å²) in [6, 6.07) is 74.8. The molecule has 52 heavy (non-hydrogen) atoms. The molecule has 0 amide bonds. The molecule has 0 fully saturated rings. The molecule has 10 aromatic rings. The maximum Gasteiger partial charge on any atom is 0.0547 e. The summed E-state index contributed by atoms with van der Waals surface area (Å²) >= 11 is 0. The van der Waals surface area contributed by atoms with E-state index in [1.165, 1.54) is 60.0 Å². The highest BCUT2D eigenvalue weighted by atomic mass is 15.1. The Morgan fingerprint density at radius 3 is 1.54 bits per heavy atom. The van der Waals surface area contributed by atoms with E-state index >= 15 is 0 Å². The van der Waals surface area contributed by atoms with E-state index in [0.29, 0.717) is 0 Å².